The van der Waals surface area contributed by atoms with E-state index in [0.717, 1.165) is 173 Å². The first-order valence-corrected chi connectivity index (χ1v) is 41.7. The van der Waals surface area contributed by atoms with Crippen LogP contribution in [0.15, 0.2) is 158 Å². The second-order valence-electron chi connectivity index (χ2n) is 25.1. The van der Waals surface area contributed by atoms with Crippen LogP contribution in [0.2, 0.25) is 0 Å². The third-order valence-corrected chi connectivity index (χ3v) is 17.4. The molecule has 0 rings (SSSR count). The molecule has 580 valence electrons. The van der Waals surface area contributed by atoms with Crippen molar-refractivity contribution in [2.75, 3.05) is 39.6 Å². The Balaban J connectivity index is 5.44. The number of phosphoric ester groups is 2. The molecule has 0 saturated carbocycles. The van der Waals surface area contributed by atoms with Gasteiger partial charge in [0.1, 0.15) is 19.3 Å². The first kappa shape index (κ1) is 96.7. The third kappa shape index (κ3) is 73.0. The Morgan fingerprint density at radius 2 is 0.510 bits per heavy atom. The van der Waals surface area contributed by atoms with Crippen LogP contribution in [0.4, 0.5) is 0 Å². The van der Waals surface area contributed by atoms with E-state index < -0.39 is 97.5 Å². The van der Waals surface area contributed by atoms with Gasteiger partial charge in [0.25, 0.3) is 0 Å². The van der Waals surface area contributed by atoms with Crippen molar-refractivity contribution in [3.8, 4) is 0 Å². The summed E-state index contributed by atoms with van der Waals surface area (Å²) in [7, 11) is -9.99. The van der Waals surface area contributed by atoms with Gasteiger partial charge < -0.3 is 33.8 Å². The number of phosphoric acid groups is 2. The highest BCUT2D eigenvalue weighted by atomic mass is 31.2. The van der Waals surface area contributed by atoms with Gasteiger partial charge in [0.05, 0.1) is 26.4 Å². The van der Waals surface area contributed by atoms with Gasteiger partial charge in [-0.25, -0.2) is 9.13 Å². The van der Waals surface area contributed by atoms with Gasteiger partial charge in [-0.05, 0) is 167 Å². The first-order chi connectivity index (χ1) is 49.7. The van der Waals surface area contributed by atoms with Crippen LogP contribution >= 0.6 is 15.6 Å². The quantitative estimate of drug-likeness (QED) is 0.0169. The summed E-state index contributed by atoms with van der Waals surface area (Å²) < 4.78 is 68.4. The minimum Gasteiger partial charge on any atom is -0.462 e. The highest BCUT2D eigenvalue weighted by Crippen LogP contribution is 2.45. The smallest absolute Gasteiger partial charge is 0.462 e. The zero-order valence-corrected chi connectivity index (χ0v) is 65.0. The van der Waals surface area contributed by atoms with E-state index in [1.54, 1.807) is 0 Å². The summed E-state index contributed by atoms with van der Waals surface area (Å²) in [4.78, 5) is 72.9. The number of hydrogen-bond acceptors (Lipinski definition) is 15. The van der Waals surface area contributed by atoms with E-state index in [1.807, 2.05) is 0 Å². The first-order valence-electron chi connectivity index (χ1n) is 38.7. The maximum absolute atomic E-state index is 13.1. The Morgan fingerprint density at radius 3 is 0.824 bits per heavy atom. The summed E-state index contributed by atoms with van der Waals surface area (Å²) in [5.41, 5.74) is 0. The summed E-state index contributed by atoms with van der Waals surface area (Å²) in [5, 5.41) is 10.6. The molecule has 0 aliphatic rings. The fourth-order valence-electron chi connectivity index (χ4n) is 9.66. The molecule has 0 aromatic carbocycles. The van der Waals surface area contributed by atoms with Gasteiger partial charge in [-0.1, -0.05) is 250 Å². The molecule has 0 radical (unpaired) electrons. The molecule has 0 aliphatic heterocycles. The molecule has 5 unspecified atom stereocenters. The zero-order chi connectivity index (χ0) is 74.6. The zero-order valence-electron chi connectivity index (χ0n) is 63.2. The van der Waals surface area contributed by atoms with Crippen LogP contribution in [0.3, 0.4) is 0 Å². The van der Waals surface area contributed by atoms with Gasteiger partial charge in [-0.3, -0.25) is 37.3 Å². The molecule has 19 heteroatoms. The van der Waals surface area contributed by atoms with Gasteiger partial charge >= 0.3 is 39.5 Å². The lowest BCUT2D eigenvalue weighted by molar-refractivity contribution is -0.161. The summed E-state index contributed by atoms with van der Waals surface area (Å²) in [6.07, 6.45) is 85.2. The molecule has 0 fully saturated rings. The number of aliphatic hydroxyl groups is 1. The Hall–Kier alpha value is -5.32. The number of aliphatic hydroxyl groups excluding tert-OH is 1. The van der Waals surface area contributed by atoms with Crippen LogP contribution < -0.4 is 0 Å². The molecule has 5 atom stereocenters. The van der Waals surface area contributed by atoms with E-state index in [-0.39, 0.29) is 25.7 Å². The lowest BCUT2D eigenvalue weighted by Crippen LogP contribution is -2.30. The molecule has 0 amide bonds. The number of unbranched alkanes of at least 4 members (excludes halogenated alkanes) is 19. The van der Waals surface area contributed by atoms with E-state index in [4.69, 9.17) is 37.0 Å². The maximum atomic E-state index is 13.1. The fourth-order valence-corrected chi connectivity index (χ4v) is 11.2. The van der Waals surface area contributed by atoms with Gasteiger partial charge in [0, 0.05) is 25.7 Å². The second-order valence-corrected chi connectivity index (χ2v) is 28.1. The predicted molar refractivity (Wildman–Crippen MR) is 417 cm³/mol. The monoisotopic (exact) mass is 1470 g/mol. The summed E-state index contributed by atoms with van der Waals surface area (Å²) in [6.45, 7) is 4.38. The highest BCUT2D eigenvalue weighted by Gasteiger charge is 2.30. The maximum Gasteiger partial charge on any atom is 0.472 e. The van der Waals surface area contributed by atoms with Crippen molar-refractivity contribution in [3.05, 3.63) is 158 Å². The molecule has 0 saturated heterocycles. The number of allylic oxidation sites excluding steroid dienone is 26. The van der Waals surface area contributed by atoms with Crippen LogP contribution in [0.1, 0.15) is 285 Å². The van der Waals surface area contributed by atoms with Gasteiger partial charge in [-0.2, -0.15) is 0 Å². The van der Waals surface area contributed by atoms with E-state index in [2.05, 4.69) is 186 Å². The third-order valence-electron chi connectivity index (χ3n) is 15.5. The normalized spacial score (nSPS) is 14.8. The standard InChI is InChI=1S/C83H136O17P2/c1-5-9-13-17-21-25-29-33-36-37-38-39-42-45-48-52-56-60-64-68-81(86)94-74-79(100-83(88)70-66-62-58-54-50-46-41-35-31-27-23-19-15-11-7-3)76-98-102(91,92)96-72-77(84)71-95-101(89,90)97-75-78(99-82(87)69-65-61-57-53-49-43-32-28-24-20-16-12-8-4)73-93-80(85)67-63-59-55-51-47-44-40-34-30-26-22-18-14-10-6-2/h9-11,13-15,21-23,25-28,32-36,38-41,45,48,50,54,77-79,84H,5-8,12,16-20,24,29-31,37,42-44,46-47,49,51-53,55-76H2,1-4H3,(H,89,90)(H,91,92)/b13-9-,14-10-,15-11-,25-21-,26-22-,27-23-,32-28-,36-33-,39-38-,40-34-,41-35-,48-45-,54-50-. The van der Waals surface area contributed by atoms with E-state index >= 15 is 0 Å². The van der Waals surface area contributed by atoms with Gasteiger partial charge in [-0.15, -0.1) is 0 Å². The van der Waals surface area contributed by atoms with Gasteiger partial charge in [0.15, 0.2) is 12.2 Å². The van der Waals surface area contributed by atoms with E-state index in [0.29, 0.717) is 32.1 Å². The molecule has 0 heterocycles. The molecule has 0 aromatic rings. The lowest BCUT2D eigenvalue weighted by Gasteiger charge is -2.21. The fraction of sp³-hybridized carbons (Fsp3) is 0.639. The largest absolute Gasteiger partial charge is 0.472 e. The van der Waals surface area contributed by atoms with Crippen molar-refractivity contribution in [2.45, 2.75) is 303 Å². The van der Waals surface area contributed by atoms with Crippen LogP contribution in [0.25, 0.3) is 0 Å². The molecule has 0 bridgehead atoms. The number of rotatable bonds is 71. The second kappa shape index (κ2) is 74.0. The molecular weight excluding hydrogens is 1330 g/mol. The SMILES string of the molecule is CC/C=C\C/C=C\C/C=C\C/C=C\C/C=C\CCCCCC(=O)OCC(COP(=O)(O)OCC(O)COP(=O)(O)OCC(COC(=O)CCCCCCC/C=C\C/C=C\C/C=C\CC)OC(=O)CCCCCCC/C=C\CCCCCC)OC(=O)CCCC/C=C\C/C=C\C/C=C\C/C=C\CC. The van der Waals surface area contributed by atoms with Crippen LogP contribution in [-0.4, -0.2) is 96.7 Å². The molecule has 0 aliphatic carbocycles. The van der Waals surface area contributed by atoms with Crippen molar-refractivity contribution in [1.82, 2.24) is 0 Å². The number of hydrogen-bond donors (Lipinski definition) is 3. The molecule has 102 heavy (non-hydrogen) atoms. The molecular formula is C83H136O17P2. The summed E-state index contributed by atoms with van der Waals surface area (Å²) in [5.74, 6) is -2.30. The Labute approximate surface area is 617 Å². The molecule has 0 spiro atoms. The Morgan fingerprint density at radius 1 is 0.284 bits per heavy atom. The van der Waals surface area contributed by atoms with Crippen molar-refractivity contribution < 1.29 is 80.2 Å². The Bertz CT molecular complexity index is 2550. The van der Waals surface area contributed by atoms with Crippen molar-refractivity contribution in [1.29, 1.82) is 0 Å². The average Bonchev–Trinajstić information content (AvgIpc) is 0.924. The Kier molecular flexibility index (Phi) is 70.1. The van der Waals surface area contributed by atoms with E-state index in [9.17, 15) is 43.2 Å². The number of ether oxygens (including phenoxy) is 4. The van der Waals surface area contributed by atoms with Crippen LogP contribution in [-0.2, 0) is 65.4 Å². The van der Waals surface area contributed by atoms with Crippen molar-refractivity contribution >= 4 is 39.5 Å². The summed E-state index contributed by atoms with van der Waals surface area (Å²) >= 11 is 0. The lowest BCUT2D eigenvalue weighted by atomic mass is 10.1. The highest BCUT2D eigenvalue weighted by molar-refractivity contribution is 7.47. The van der Waals surface area contributed by atoms with Crippen molar-refractivity contribution in [3.63, 3.8) is 0 Å². The molecule has 3 N–H and O–H groups in total. The topological polar surface area (TPSA) is 237 Å². The number of carbonyl (C=O) groups excluding carboxylic acids is 4. The van der Waals surface area contributed by atoms with E-state index in [1.165, 1.54) is 25.7 Å². The number of carbonyl (C=O) groups is 4. The molecule has 0 aromatic heterocycles. The predicted octanol–water partition coefficient (Wildman–Crippen LogP) is 22.4. The summed E-state index contributed by atoms with van der Waals surface area (Å²) in [6, 6.07) is 0. The van der Waals surface area contributed by atoms with Crippen molar-refractivity contribution in [2.24, 2.45) is 0 Å². The van der Waals surface area contributed by atoms with Gasteiger partial charge in [0.2, 0.25) is 0 Å². The number of esters is 4. The minimum absolute atomic E-state index is 0.0292. The molecule has 17 nitrogen and oxygen atoms in total. The average molecular weight is 1470 g/mol. The minimum atomic E-state index is -5.00. The van der Waals surface area contributed by atoms with Crippen LogP contribution in [0, 0.1) is 0 Å². The van der Waals surface area contributed by atoms with Crippen LogP contribution in [0.5, 0.6) is 0 Å².